The second-order valence-electron chi connectivity index (χ2n) is 8.78. The Morgan fingerprint density at radius 3 is 2.88 bits per heavy atom. The van der Waals surface area contributed by atoms with Crippen LogP contribution in [0.4, 0.5) is 15.2 Å². The normalized spacial score (nSPS) is 16.1. The van der Waals surface area contributed by atoms with Gasteiger partial charge in [-0.05, 0) is 51.3 Å². The average Bonchev–Trinajstić information content (AvgIpc) is 3.23. The van der Waals surface area contributed by atoms with Crippen molar-refractivity contribution in [3.63, 3.8) is 0 Å². The Hall–Kier alpha value is -3.34. The summed E-state index contributed by atoms with van der Waals surface area (Å²) in [5.74, 6) is -1.03. The molecule has 0 bridgehead atoms. The van der Waals surface area contributed by atoms with Gasteiger partial charge in [-0.2, -0.15) is 4.98 Å². The topological polar surface area (TPSA) is 109 Å². The van der Waals surface area contributed by atoms with Crippen LogP contribution in [-0.4, -0.2) is 45.5 Å². The van der Waals surface area contributed by atoms with Gasteiger partial charge in [-0.25, -0.2) is 9.37 Å². The van der Waals surface area contributed by atoms with E-state index in [2.05, 4.69) is 20.6 Å². The fourth-order valence-corrected chi connectivity index (χ4v) is 4.93. The summed E-state index contributed by atoms with van der Waals surface area (Å²) < 4.78 is 15.1. The summed E-state index contributed by atoms with van der Waals surface area (Å²) in [6, 6.07) is 4.20. The number of nitrogens with one attached hydrogen (secondary N) is 2. The van der Waals surface area contributed by atoms with E-state index in [1.165, 1.54) is 34.4 Å². The molecule has 180 valence electrons. The number of nitrogens with zero attached hydrogens (tertiary/aromatic N) is 4. The van der Waals surface area contributed by atoms with E-state index in [4.69, 9.17) is 0 Å². The minimum Gasteiger partial charge on any atom is -0.354 e. The average molecular weight is 487 g/mol. The molecule has 3 aromatic rings. The Morgan fingerprint density at radius 2 is 2.12 bits per heavy atom. The largest absolute Gasteiger partial charge is 0.354 e. The molecule has 1 aliphatic rings. The van der Waals surface area contributed by atoms with Gasteiger partial charge in [0.1, 0.15) is 23.4 Å². The Labute approximate surface area is 200 Å². The standard InChI is InChI=1S/C23H27FN6O3S/c1-13(2)26-21(32)15-5-4-8-29(10-15)23-28-20-19(34-23)22(33)30(12-25-20)11-18(31)27-17-9-16(24)7-6-14(17)3/h6-7,9,12-13,15H,4-5,8,10-11H2,1-3H3,(H,26,32)(H,27,31)/t15-/m1/s1. The van der Waals surface area contributed by atoms with Gasteiger partial charge in [0.05, 0.1) is 5.92 Å². The number of anilines is 2. The lowest BCUT2D eigenvalue weighted by Gasteiger charge is -2.32. The Balaban J connectivity index is 1.50. The van der Waals surface area contributed by atoms with Crippen LogP contribution >= 0.6 is 11.3 Å². The summed E-state index contributed by atoms with van der Waals surface area (Å²) >= 11 is 1.21. The number of hydrogen-bond donors (Lipinski definition) is 2. The molecule has 1 saturated heterocycles. The number of hydrogen-bond acceptors (Lipinski definition) is 7. The lowest BCUT2D eigenvalue weighted by atomic mass is 9.97. The zero-order valence-electron chi connectivity index (χ0n) is 19.3. The molecule has 2 aromatic heterocycles. The third-order valence-electron chi connectivity index (χ3n) is 5.65. The van der Waals surface area contributed by atoms with Crippen molar-refractivity contribution in [3.8, 4) is 0 Å². The fraction of sp³-hybridized carbons (Fsp3) is 0.435. The summed E-state index contributed by atoms with van der Waals surface area (Å²) in [4.78, 5) is 48.7. The van der Waals surface area contributed by atoms with E-state index in [9.17, 15) is 18.8 Å². The van der Waals surface area contributed by atoms with Gasteiger partial charge in [0, 0.05) is 24.8 Å². The first-order chi connectivity index (χ1) is 16.2. The van der Waals surface area contributed by atoms with Gasteiger partial charge >= 0.3 is 0 Å². The molecule has 1 atom stereocenters. The van der Waals surface area contributed by atoms with E-state index in [-0.39, 0.29) is 30.0 Å². The number of piperidine rings is 1. The second-order valence-corrected chi connectivity index (χ2v) is 9.76. The predicted octanol–water partition coefficient (Wildman–Crippen LogP) is 2.68. The van der Waals surface area contributed by atoms with Crippen LogP contribution in [0.1, 0.15) is 32.3 Å². The molecule has 2 amide bonds. The summed E-state index contributed by atoms with van der Waals surface area (Å²) in [7, 11) is 0. The highest BCUT2D eigenvalue weighted by atomic mass is 32.1. The highest BCUT2D eigenvalue weighted by molar-refractivity contribution is 7.22. The fourth-order valence-electron chi connectivity index (χ4n) is 3.92. The number of amides is 2. The van der Waals surface area contributed by atoms with Crippen molar-refractivity contribution in [2.45, 2.75) is 46.2 Å². The van der Waals surface area contributed by atoms with Crippen molar-refractivity contribution < 1.29 is 14.0 Å². The number of carbonyl (C=O) groups is 2. The van der Waals surface area contributed by atoms with E-state index in [1.54, 1.807) is 13.0 Å². The van der Waals surface area contributed by atoms with Crippen LogP contribution in [0, 0.1) is 18.7 Å². The van der Waals surface area contributed by atoms with Crippen LogP contribution in [0.25, 0.3) is 10.3 Å². The quantitative estimate of drug-likeness (QED) is 0.555. The van der Waals surface area contributed by atoms with Crippen LogP contribution in [0.5, 0.6) is 0 Å². The van der Waals surface area contributed by atoms with Crippen molar-refractivity contribution in [2.75, 3.05) is 23.3 Å². The molecule has 34 heavy (non-hydrogen) atoms. The molecule has 9 nitrogen and oxygen atoms in total. The van der Waals surface area contributed by atoms with Crippen molar-refractivity contribution in [3.05, 3.63) is 46.3 Å². The third-order valence-corrected chi connectivity index (χ3v) is 6.75. The van der Waals surface area contributed by atoms with Crippen LogP contribution < -0.4 is 21.1 Å². The molecule has 0 radical (unpaired) electrons. The minimum absolute atomic E-state index is 0.0286. The Kier molecular flexibility index (Phi) is 6.92. The van der Waals surface area contributed by atoms with E-state index in [0.717, 1.165) is 19.4 Å². The van der Waals surface area contributed by atoms with Gasteiger partial charge in [-0.1, -0.05) is 17.4 Å². The molecule has 1 aliphatic heterocycles. The number of fused-ring (bicyclic) bond motifs is 1. The van der Waals surface area contributed by atoms with Crippen molar-refractivity contribution in [2.24, 2.45) is 5.92 Å². The number of aromatic nitrogens is 3. The summed E-state index contributed by atoms with van der Waals surface area (Å²) in [6.07, 6.45) is 2.95. The maximum Gasteiger partial charge on any atom is 0.273 e. The molecule has 2 N–H and O–H groups in total. The maximum absolute atomic E-state index is 13.5. The zero-order chi connectivity index (χ0) is 24.4. The van der Waals surface area contributed by atoms with E-state index >= 15 is 0 Å². The molecule has 1 aromatic carbocycles. The molecule has 1 fully saturated rings. The van der Waals surface area contributed by atoms with Gasteiger partial charge in [0.2, 0.25) is 11.8 Å². The van der Waals surface area contributed by atoms with Gasteiger partial charge in [-0.3, -0.25) is 19.0 Å². The predicted molar refractivity (Wildman–Crippen MR) is 130 cm³/mol. The number of rotatable bonds is 6. The molecule has 0 spiro atoms. The highest BCUT2D eigenvalue weighted by Crippen LogP contribution is 2.29. The molecular weight excluding hydrogens is 459 g/mol. The van der Waals surface area contributed by atoms with Gasteiger partial charge in [0.25, 0.3) is 5.56 Å². The Bertz CT molecular complexity index is 1290. The van der Waals surface area contributed by atoms with Crippen molar-refractivity contribution in [1.82, 2.24) is 19.9 Å². The molecule has 0 unspecified atom stereocenters. The molecule has 3 heterocycles. The van der Waals surface area contributed by atoms with Gasteiger partial charge in [-0.15, -0.1) is 0 Å². The lowest BCUT2D eigenvalue weighted by molar-refractivity contribution is -0.125. The number of halogens is 1. The first-order valence-corrected chi connectivity index (χ1v) is 12.0. The number of benzene rings is 1. The van der Waals surface area contributed by atoms with Crippen LogP contribution in [-0.2, 0) is 16.1 Å². The first-order valence-electron chi connectivity index (χ1n) is 11.2. The van der Waals surface area contributed by atoms with E-state index in [0.29, 0.717) is 33.3 Å². The highest BCUT2D eigenvalue weighted by Gasteiger charge is 2.28. The van der Waals surface area contributed by atoms with Crippen LogP contribution in [0.2, 0.25) is 0 Å². The lowest BCUT2D eigenvalue weighted by Crippen LogP contribution is -2.44. The molecule has 11 heteroatoms. The summed E-state index contributed by atoms with van der Waals surface area (Å²) in [5.41, 5.74) is 1.01. The smallest absolute Gasteiger partial charge is 0.273 e. The van der Waals surface area contributed by atoms with Crippen molar-refractivity contribution >= 4 is 44.3 Å². The Morgan fingerprint density at radius 1 is 1.32 bits per heavy atom. The summed E-state index contributed by atoms with van der Waals surface area (Å²) in [5, 5.41) is 6.24. The molecular formula is C23H27FN6O3S. The molecule has 4 rings (SSSR count). The maximum atomic E-state index is 13.5. The molecule has 0 saturated carbocycles. The third kappa shape index (κ3) is 5.24. The summed E-state index contributed by atoms with van der Waals surface area (Å²) in [6.45, 7) is 6.64. The number of thiazole rings is 1. The monoisotopic (exact) mass is 486 g/mol. The first kappa shape index (κ1) is 23.8. The zero-order valence-corrected chi connectivity index (χ0v) is 20.1. The van der Waals surface area contributed by atoms with Gasteiger partial charge in [0.15, 0.2) is 10.8 Å². The second kappa shape index (κ2) is 9.88. The van der Waals surface area contributed by atoms with Crippen LogP contribution in [0.15, 0.2) is 29.3 Å². The van der Waals surface area contributed by atoms with E-state index < -0.39 is 11.7 Å². The number of aryl methyl sites for hydroxylation is 1. The van der Waals surface area contributed by atoms with E-state index in [1.807, 2.05) is 18.7 Å². The minimum atomic E-state index is -0.461. The SMILES string of the molecule is Cc1ccc(F)cc1NC(=O)Cn1cnc2nc(N3CCC[C@@H](C(=O)NC(C)C)C3)sc2c1=O. The molecule has 0 aliphatic carbocycles. The van der Waals surface area contributed by atoms with Gasteiger partial charge < -0.3 is 15.5 Å². The van der Waals surface area contributed by atoms with Crippen LogP contribution in [0.3, 0.4) is 0 Å². The van der Waals surface area contributed by atoms with Crippen molar-refractivity contribution in [1.29, 1.82) is 0 Å². The number of carbonyl (C=O) groups excluding carboxylic acids is 2.